The predicted octanol–water partition coefficient (Wildman–Crippen LogP) is 3.57. The van der Waals surface area contributed by atoms with E-state index in [4.69, 9.17) is 0 Å². The summed E-state index contributed by atoms with van der Waals surface area (Å²) in [5, 5.41) is 15.1. The number of hydrogen-bond donors (Lipinski definition) is 3. The number of fused-ring (bicyclic) bond motifs is 4. The number of amides is 1. The van der Waals surface area contributed by atoms with E-state index < -0.39 is 12.0 Å². The molecular weight excluding hydrogens is 432 g/mol. The third kappa shape index (κ3) is 3.90. The molecule has 0 radical (unpaired) electrons. The zero-order chi connectivity index (χ0) is 21.4. The normalized spacial score (nSPS) is 14.1. The van der Waals surface area contributed by atoms with E-state index in [2.05, 4.69) is 20.3 Å². The Morgan fingerprint density at radius 1 is 1.26 bits per heavy atom. The lowest BCUT2D eigenvalue weighted by Gasteiger charge is -2.14. The Hall–Kier alpha value is -2.91. The molecule has 3 aromatic heterocycles. The maximum Gasteiger partial charge on any atom is 0.326 e. The quantitative estimate of drug-likeness (QED) is 0.292. The topological polar surface area (TPSA) is 108 Å². The summed E-state index contributed by atoms with van der Waals surface area (Å²) in [7, 11) is 0. The van der Waals surface area contributed by atoms with Gasteiger partial charge in [-0.3, -0.25) is 4.79 Å². The van der Waals surface area contributed by atoms with Gasteiger partial charge in [0.1, 0.15) is 22.2 Å². The number of carboxylic acid groups (broad SMARTS) is 1. The molecular formula is C22H20N4O3S2. The molecule has 0 fully saturated rings. The van der Waals surface area contributed by atoms with Crippen molar-refractivity contribution in [2.45, 2.75) is 36.8 Å². The molecule has 9 heteroatoms. The van der Waals surface area contributed by atoms with Crippen LogP contribution in [0.3, 0.4) is 0 Å². The minimum Gasteiger partial charge on any atom is -0.480 e. The van der Waals surface area contributed by atoms with E-state index in [-0.39, 0.29) is 18.1 Å². The standard InChI is InChI=1S/C22H20N4O3S2/c27-18(10-30-20-19-14-5-3-7-17(14)31-21(19)25-11-24-20)26-16(22(28)29)8-12-9-23-15-6-2-1-4-13(12)15/h1-2,4,6,9,11,16,23H,3,5,7-8,10H2,(H,26,27)(H,28,29)/t16-/m1/s1. The van der Waals surface area contributed by atoms with E-state index >= 15 is 0 Å². The largest absolute Gasteiger partial charge is 0.480 e. The molecule has 1 aromatic carbocycles. The number of aromatic nitrogens is 3. The summed E-state index contributed by atoms with van der Waals surface area (Å²) in [6.07, 6.45) is 6.79. The SMILES string of the molecule is O=C(CSc1ncnc2sc3c(c12)CCC3)N[C@H](Cc1c[nH]c2ccccc12)C(=O)O. The molecule has 5 rings (SSSR count). The van der Waals surface area contributed by atoms with Crippen molar-refractivity contribution in [3.63, 3.8) is 0 Å². The summed E-state index contributed by atoms with van der Waals surface area (Å²) in [6.45, 7) is 0. The molecule has 3 N–H and O–H groups in total. The van der Waals surface area contributed by atoms with E-state index in [0.29, 0.717) is 0 Å². The molecule has 1 atom stereocenters. The van der Waals surface area contributed by atoms with Crippen LogP contribution in [0.5, 0.6) is 0 Å². The molecule has 0 saturated carbocycles. The Morgan fingerprint density at radius 3 is 3.00 bits per heavy atom. The van der Waals surface area contributed by atoms with Crippen molar-refractivity contribution >= 4 is 56.1 Å². The number of aryl methyl sites for hydroxylation is 2. The van der Waals surface area contributed by atoms with Crippen molar-refractivity contribution < 1.29 is 14.7 Å². The predicted molar refractivity (Wildman–Crippen MR) is 122 cm³/mol. The lowest BCUT2D eigenvalue weighted by atomic mass is 10.1. The number of rotatable bonds is 7. The van der Waals surface area contributed by atoms with Gasteiger partial charge in [-0.1, -0.05) is 30.0 Å². The molecule has 158 valence electrons. The summed E-state index contributed by atoms with van der Waals surface area (Å²) >= 11 is 3.04. The van der Waals surface area contributed by atoms with Crippen LogP contribution in [0.1, 0.15) is 22.4 Å². The number of carbonyl (C=O) groups excluding carboxylic acids is 1. The molecule has 3 heterocycles. The second-order valence-electron chi connectivity index (χ2n) is 7.53. The highest BCUT2D eigenvalue weighted by molar-refractivity contribution is 8.00. The molecule has 1 aliphatic rings. The summed E-state index contributed by atoms with van der Waals surface area (Å²) in [4.78, 5) is 38.6. The summed E-state index contributed by atoms with van der Waals surface area (Å²) < 4.78 is 0. The number of benzene rings is 1. The average molecular weight is 453 g/mol. The molecule has 0 spiro atoms. The molecule has 31 heavy (non-hydrogen) atoms. The van der Waals surface area contributed by atoms with Gasteiger partial charge in [-0.15, -0.1) is 11.3 Å². The molecule has 0 unspecified atom stereocenters. The van der Waals surface area contributed by atoms with E-state index in [0.717, 1.165) is 51.0 Å². The van der Waals surface area contributed by atoms with Gasteiger partial charge in [0, 0.05) is 33.8 Å². The van der Waals surface area contributed by atoms with Gasteiger partial charge in [-0.25, -0.2) is 14.8 Å². The summed E-state index contributed by atoms with van der Waals surface area (Å²) in [5.41, 5.74) is 3.12. The van der Waals surface area contributed by atoms with Crippen molar-refractivity contribution in [1.82, 2.24) is 20.3 Å². The van der Waals surface area contributed by atoms with Gasteiger partial charge in [-0.05, 0) is 36.5 Å². The fraction of sp³-hybridized carbons (Fsp3) is 0.273. The highest BCUT2D eigenvalue weighted by Crippen LogP contribution is 2.39. The van der Waals surface area contributed by atoms with Gasteiger partial charge in [0.15, 0.2) is 0 Å². The zero-order valence-electron chi connectivity index (χ0n) is 16.6. The van der Waals surface area contributed by atoms with Gasteiger partial charge in [-0.2, -0.15) is 0 Å². The number of aliphatic carboxylic acids is 1. The van der Waals surface area contributed by atoms with Crippen molar-refractivity contribution in [2.24, 2.45) is 0 Å². The molecule has 1 aliphatic carbocycles. The Kier molecular flexibility index (Phi) is 5.37. The van der Waals surface area contributed by atoms with Gasteiger partial charge in [0.2, 0.25) is 5.91 Å². The fourth-order valence-corrected chi connectivity index (χ4v) is 6.23. The fourth-order valence-electron chi connectivity index (χ4n) is 4.10. The van der Waals surface area contributed by atoms with Crippen LogP contribution in [0.4, 0.5) is 0 Å². The van der Waals surface area contributed by atoms with Crippen LogP contribution >= 0.6 is 23.1 Å². The third-order valence-corrected chi connectivity index (χ3v) is 7.73. The zero-order valence-corrected chi connectivity index (χ0v) is 18.2. The van der Waals surface area contributed by atoms with Gasteiger partial charge in [0.05, 0.1) is 5.75 Å². The molecule has 0 bridgehead atoms. The van der Waals surface area contributed by atoms with Crippen molar-refractivity contribution in [2.75, 3.05) is 5.75 Å². The van der Waals surface area contributed by atoms with E-state index in [1.54, 1.807) is 17.5 Å². The van der Waals surface area contributed by atoms with Crippen LogP contribution in [0.2, 0.25) is 0 Å². The highest BCUT2D eigenvalue weighted by Gasteiger charge is 2.24. The number of hydrogen-bond acceptors (Lipinski definition) is 6. The van der Waals surface area contributed by atoms with E-state index in [1.807, 2.05) is 24.3 Å². The Bertz CT molecular complexity index is 1300. The van der Waals surface area contributed by atoms with Crippen LogP contribution in [0, 0.1) is 0 Å². The first-order valence-electron chi connectivity index (χ1n) is 10.1. The average Bonchev–Trinajstić information content (AvgIpc) is 3.46. The second-order valence-corrected chi connectivity index (χ2v) is 9.57. The van der Waals surface area contributed by atoms with Crippen LogP contribution < -0.4 is 5.32 Å². The van der Waals surface area contributed by atoms with Crippen molar-refractivity contribution in [3.8, 4) is 0 Å². The minimum absolute atomic E-state index is 0.106. The molecule has 0 saturated heterocycles. The first-order valence-corrected chi connectivity index (χ1v) is 11.9. The Labute approximate surface area is 186 Å². The number of aromatic amines is 1. The van der Waals surface area contributed by atoms with Crippen LogP contribution in [-0.2, 0) is 28.9 Å². The highest BCUT2D eigenvalue weighted by atomic mass is 32.2. The smallest absolute Gasteiger partial charge is 0.326 e. The summed E-state index contributed by atoms with van der Waals surface area (Å²) in [6, 6.07) is 6.71. The number of para-hydroxylation sites is 1. The molecule has 0 aliphatic heterocycles. The number of H-pyrrole nitrogens is 1. The number of thiophene rings is 1. The van der Waals surface area contributed by atoms with Crippen molar-refractivity contribution in [3.05, 3.63) is 52.8 Å². The van der Waals surface area contributed by atoms with Gasteiger partial charge < -0.3 is 15.4 Å². The maximum atomic E-state index is 12.6. The maximum absolute atomic E-state index is 12.6. The summed E-state index contributed by atoms with van der Waals surface area (Å²) in [5.74, 6) is -1.27. The Morgan fingerprint density at radius 2 is 2.13 bits per heavy atom. The first-order chi connectivity index (χ1) is 15.1. The van der Waals surface area contributed by atoms with Gasteiger partial charge >= 0.3 is 5.97 Å². The van der Waals surface area contributed by atoms with E-state index in [1.165, 1.54) is 28.5 Å². The van der Waals surface area contributed by atoms with Crippen LogP contribution in [-0.4, -0.2) is 43.7 Å². The van der Waals surface area contributed by atoms with Crippen LogP contribution in [0.15, 0.2) is 41.8 Å². The number of nitrogens with zero attached hydrogens (tertiary/aromatic N) is 2. The second kappa shape index (κ2) is 8.32. The molecule has 4 aromatic rings. The van der Waals surface area contributed by atoms with Crippen LogP contribution in [0.25, 0.3) is 21.1 Å². The number of nitrogens with one attached hydrogen (secondary N) is 2. The first kappa shape index (κ1) is 20.0. The number of thioether (sulfide) groups is 1. The van der Waals surface area contributed by atoms with E-state index in [9.17, 15) is 14.7 Å². The third-order valence-electron chi connectivity index (χ3n) is 5.54. The number of carbonyl (C=O) groups is 2. The monoisotopic (exact) mass is 452 g/mol. The Balaban J connectivity index is 1.28. The number of carboxylic acids is 1. The minimum atomic E-state index is -1.05. The lowest BCUT2D eigenvalue weighted by molar-refractivity contribution is -0.141. The molecule has 7 nitrogen and oxygen atoms in total. The van der Waals surface area contributed by atoms with Gasteiger partial charge in [0.25, 0.3) is 0 Å². The lowest BCUT2D eigenvalue weighted by Crippen LogP contribution is -2.43. The molecule has 1 amide bonds. The van der Waals surface area contributed by atoms with Crippen molar-refractivity contribution in [1.29, 1.82) is 0 Å².